The van der Waals surface area contributed by atoms with Crippen LogP contribution in [0.1, 0.15) is 6.92 Å². The molecular weight excluding hydrogens is 284 g/mol. The fourth-order valence-electron chi connectivity index (χ4n) is 1.84. The van der Waals surface area contributed by atoms with Gasteiger partial charge in [0.2, 0.25) is 0 Å². The number of nitriles is 1. The van der Waals surface area contributed by atoms with Crippen LogP contribution in [0.25, 0.3) is 5.69 Å². The van der Waals surface area contributed by atoms with E-state index >= 15 is 0 Å². The molecule has 1 heterocycles. The minimum absolute atomic E-state index is 0.556. The lowest BCUT2D eigenvalue weighted by Gasteiger charge is -2.12. The second-order valence-electron chi connectivity index (χ2n) is 4.03. The van der Waals surface area contributed by atoms with Gasteiger partial charge in [0.05, 0.1) is 18.0 Å². The Labute approximate surface area is 128 Å². The van der Waals surface area contributed by atoms with Crippen LogP contribution in [0.3, 0.4) is 0 Å². The van der Waals surface area contributed by atoms with Gasteiger partial charge in [0.25, 0.3) is 0 Å². The van der Waals surface area contributed by atoms with Gasteiger partial charge in [-0.15, -0.1) is 0 Å². The molecule has 2 aromatic rings. The predicted molar refractivity (Wildman–Crippen MR) is 86.3 cm³/mol. The lowest BCUT2D eigenvalue weighted by molar-refractivity contribution is 0.339. The molecule has 0 aliphatic heterocycles. The quantitative estimate of drug-likeness (QED) is 0.407. The Hall–Kier alpha value is -2.39. The maximum atomic E-state index is 8.69. The molecule has 6 heteroatoms. The molecule has 0 radical (unpaired) electrons. The molecule has 1 N–H and O–H groups in total. The van der Waals surface area contributed by atoms with Crippen LogP contribution in [0.5, 0.6) is 5.75 Å². The standard InChI is InChI=1S/C15H16N4OS/c1-3-20-14-7-6-12(18-15(21-2)17-11-16)10-13(14)19-8-4-5-9-19/h4-10H,3H2,1-2H3,(H,17,18). The second kappa shape index (κ2) is 7.41. The van der Waals surface area contributed by atoms with Crippen LogP contribution in [-0.4, -0.2) is 22.6 Å². The van der Waals surface area contributed by atoms with Crippen molar-refractivity contribution < 1.29 is 4.74 Å². The van der Waals surface area contributed by atoms with Crippen molar-refractivity contribution in [1.82, 2.24) is 9.88 Å². The van der Waals surface area contributed by atoms with E-state index in [1.165, 1.54) is 11.8 Å². The molecule has 0 bridgehead atoms. The number of ether oxygens (including phenoxy) is 1. The van der Waals surface area contributed by atoms with Crippen molar-refractivity contribution in [2.24, 2.45) is 4.99 Å². The molecule has 0 aliphatic carbocycles. The Morgan fingerprint density at radius 1 is 1.43 bits per heavy atom. The van der Waals surface area contributed by atoms with Crippen LogP contribution in [-0.2, 0) is 0 Å². The zero-order chi connectivity index (χ0) is 15.1. The topological polar surface area (TPSA) is 62.3 Å². The van der Waals surface area contributed by atoms with Crippen molar-refractivity contribution >= 4 is 22.6 Å². The van der Waals surface area contributed by atoms with Crippen LogP contribution in [0.4, 0.5) is 5.69 Å². The van der Waals surface area contributed by atoms with Crippen molar-refractivity contribution in [3.63, 3.8) is 0 Å². The molecule has 0 amide bonds. The molecule has 0 saturated heterocycles. The van der Waals surface area contributed by atoms with Crippen LogP contribution < -0.4 is 10.1 Å². The van der Waals surface area contributed by atoms with E-state index in [0.717, 1.165) is 17.1 Å². The number of nitrogens with one attached hydrogen (secondary N) is 1. The number of hydrogen-bond acceptors (Lipinski definition) is 4. The highest BCUT2D eigenvalue weighted by atomic mass is 32.2. The molecule has 0 atom stereocenters. The average Bonchev–Trinajstić information content (AvgIpc) is 3.02. The third-order valence-electron chi connectivity index (χ3n) is 2.71. The Kier molecular flexibility index (Phi) is 5.29. The summed E-state index contributed by atoms with van der Waals surface area (Å²) in [6.45, 7) is 2.55. The van der Waals surface area contributed by atoms with Gasteiger partial charge in [0, 0.05) is 12.4 Å². The monoisotopic (exact) mass is 300 g/mol. The number of aromatic nitrogens is 1. The average molecular weight is 300 g/mol. The number of hydrogen-bond donors (Lipinski definition) is 1. The number of rotatable bonds is 4. The van der Waals surface area contributed by atoms with Crippen LogP contribution in [0.2, 0.25) is 0 Å². The molecule has 1 aromatic heterocycles. The maximum absolute atomic E-state index is 8.69. The molecule has 0 aliphatic rings. The van der Waals surface area contributed by atoms with E-state index in [9.17, 15) is 0 Å². The molecule has 2 rings (SSSR count). The van der Waals surface area contributed by atoms with E-state index in [2.05, 4.69) is 10.3 Å². The first-order chi connectivity index (χ1) is 10.3. The van der Waals surface area contributed by atoms with Crippen molar-refractivity contribution in [1.29, 1.82) is 5.26 Å². The molecule has 0 saturated carbocycles. The summed E-state index contributed by atoms with van der Waals surface area (Å²) in [5.41, 5.74) is 1.68. The summed E-state index contributed by atoms with van der Waals surface area (Å²) in [6, 6.07) is 9.60. The van der Waals surface area contributed by atoms with E-state index in [-0.39, 0.29) is 0 Å². The minimum Gasteiger partial charge on any atom is -0.492 e. The van der Waals surface area contributed by atoms with Crippen molar-refractivity contribution in [2.45, 2.75) is 6.92 Å². The SMILES string of the molecule is CCOc1ccc(N=C(NC#N)SC)cc1-n1cccc1. The summed E-state index contributed by atoms with van der Waals surface area (Å²) in [4.78, 5) is 4.42. The van der Waals surface area contributed by atoms with Gasteiger partial charge in [-0.05, 0) is 43.5 Å². The van der Waals surface area contributed by atoms with E-state index in [1.807, 2.05) is 66.7 Å². The Morgan fingerprint density at radius 3 is 2.81 bits per heavy atom. The number of aliphatic imine (C=N–C) groups is 1. The Bertz CT molecular complexity index is 659. The number of thioether (sulfide) groups is 1. The molecule has 108 valence electrons. The Balaban J connectivity index is 2.42. The first-order valence-electron chi connectivity index (χ1n) is 6.46. The van der Waals surface area contributed by atoms with Crippen LogP contribution in [0.15, 0.2) is 47.7 Å². The predicted octanol–water partition coefficient (Wildman–Crippen LogP) is 3.30. The first-order valence-corrected chi connectivity index (χ1v) is 7.69. The summed E-state index contributed by atoms with van der Waals surface area (Å²) >= 11 is 1.39. The van der Waals surface area contributed by atoms with Gasteiger partial charge >= 0.3 is 0 Å². The van der Waals surface area contributed by atoms with Gasteiger partial charge in [0.15, 0.2) is 11.4 Å². The highest BCUT2D eigenvalue weighted by Crippen LogP contribution is 2.28. The third-order valence-corrected chi connectivity index (χ3v) is 3.29. The van der Waals surface area contributed by atoms with Gasteiger partial charge in [-0.2, -0.15) is 5.26 Å². The van der Waals surface area contributed by atoms with Gasteiger partial charge in [0.1, 0.15) is 5.75 Å². The molecule has 5 nitrogen and oxygen atoms in total. The van der Waals surface area contributed by atoms with Crippen LogP contribution in [0, 0.1) is 11.5 Å². The number of benzene rings is 1. The van der Waals surface area contributed by atoms with Gasteiger partial charge in [-0.1, -0.05) is 11.8 Å². The zero-order valence-corrected chi connectivity index (χ0v) is 12.7. The molecule has 0 fully saturated rings. The van der Waals surface area contributed by atoms with E-state index in [0.29, 0.717) is 11.8 Å². The smallest absolute Gasteiger partial charge is 0.183 e. The van der Waals surface area contributed by atoms with E-state index < -0.39 is 0 Å². The summed E-state index contributed by atoms with van der Waals surface area (Å²) in [7, 11) is 0. The van der Waals surface area contributed by atoms with Crippen molar-refractivity contribution in [3.8, 4) is 17.6 Å². The molecule has 0 spiro atoms. The third kappa shape index (κ3) is 3.80. The highest BCUT2D eigenvalue weighted by Gasteiger charge is 2.07. The zero-order valence-electron chi connectivity index (χ0n) is 11.9. The molecular formula is C15H16N4OS. The normalized spacial score (nSPS) is 11.0. The molecule has 0 unspecified atom stereocenters. The maximum Gasteiger partial charge on any atom is 0.183 e. The second-order valence-corrected chi connectivity index (χ2v) is 4.83. The summed E-state index contributed by atoms with van der Waals surface area (Å²) < 4.78 is 7.62. The first kappa shape index (κ1) is 15.0. The van der Waals surface area contributed by atoms with E-state index in [4.69, 9.17) is 10.00 Å². The number of nitrogens with zero attached hydrogens (tertiary/aromatic N) is 3. The molecule has 21 heavy (non-hydrogen) atoms. The summed E-state index contributed by atoms with van der Waals surface area (Å²) in [6.07, 6.45) is 7.65. The number of amidine groups is 1. The van der Waals surface area contributed by atoms with Crippen LogP contribution >= 0.6 is 11.8 Å². The van der Waals surface area contributed by atoms with E-state index in [1.54, 1.807) is 0 Å². The van der Waals surface area contributed by atoms with Gasteiger partial charge < -0.3 is 9.30 Å². The minimum atomic E-state index is 0.556. The fourth-order valence-corrected chi connectivity index (χ4v) is 2.18. The highest BCUT2D eigenvalue weighted by molar-refractivity contribution is 8.13. The van der Waals surface area contributed by atoms with Crippen molar-refractivity contribution in [2.75, 3.05) is 12.9 Å². The lowest BCUT2D eigenvalue weighted by atomic mass is 10.2. The van der Waals surface area contributed by atoms with Gasteiger partial charge in [-0.25, -0.2) is 4.99 Å². The summed E-state index contributed by atoms with van der Waals surface area (Å²) in [5, 5.41) is 11.8. The van der Waals surface area contributed by atoms with Crippen molar-refractivity contribution in [3.05, 3.63) is 42.7 Å². The van der Waals surface area contributed by atoms with Gasteiger partial charge in [-0.3, -0.25) is 5.32 Å². The molecule has 1 aromatic carbocycles. The summed E-state index contributed by atoms with van der Waals surface area (Å²) in [5.74, 6) is 0.798. The Morgan fingerprint density at radius 2 is 2.19 bits per heavy atom. The fraction of sp³-hybridized carbons (Fsp3) is 0.200. The lowest BCUT2D eigenvalue weighted by Crippen LogP contribution is -2.12. The largest absolute Gasteiger partial charge is 0.492 e.